The Morgan fingerprint density at radius 3 is 2.68 bits per heavy atom. The third-order valence-electron chi connectivity index (χ3n) is 3.70. The van der Waals surface area contributed by atoms with Crippen LogP contribution in [0.5, 0.6) is 5.75 Å². The molecule has 0 unspecified atom stereocenters. The molecular formula is C20H19NO4. The Bertz CT molecular complexity index is 855. The van der Waals surface area contributed by atoms with Crippen LogP contribution in [-0.2, 0) is 11.3 Å². The van der Waals surface area contributed by atoms with E-state index in [0.29, 0.717) is 36.0 Å². The van der Waals surface area contributed by atoms with Crippen molar-refractivity contribution in [2.45, 2.75) is 20.5 Å². The molecule has 0 spiro atoms. The van der Waals surface area contributed by atoms with Crippen molar-refractivity contribution in [2.75, 3.05) is 6.61 Å². The molecule has 5 nitrogen and oxygen atoms in total. The molecule has 5 heteroatoms. The summed E-state index contributed by atoms with van der Waals surface area (Å²) < 4.78 is 16.1. The van der Waals surface area contributed by atoms with Crippen LogP contribution in [-0.4, -0.2) is 17.7 Å². The first kappa shape index (κ1) is 16.8. The van der Waals surface area contributed by atoms with E-state index in [1.165, 1.54) is 0 Å². The number of carbonyl (C=O) groups is 1. The largest absolute Gasteiger partial charge is 0.489 e. The first-order chi connectivity index (χ1) is 12.2. The second kappa shape index (κ2) is 7.66. The number of esters is 1. The number of nitrogens with zero attached hydrogens (tertiary/aromatic N) is 1. The maximum Gasteiger partial charge on any atom is 0.344 e. The number of hydrogen-bond acceptors (Lipinski definition) is 5. The number of aromatic nitrogens is 1. The zero-order valence-corrected chi connectivity index (χ0v) is 14.2. The van der Waals surface area contributed by atoms with Crippen LogP contribution >= 0.6 is 0 Å². The molecule has 128 valence electrons. The monoisotopic (exact) mass is 337 g/mol. The smallest absolute Gasteiger partial charge is 0.344 e. The van der Waals surface area contributed by atoms with Gasteiger partial charge in [0.25, 0.3) is 0 Å². The number of aryl methyl sites for hydroxylation is 1. The average molecular weight is 337 g/mol. The molecule has 0 atom stereocenters. The van der Waals surface area contributed by atoms with Gasteiger partial charge in [0.15, 0.2) is 0 Å². The second-order valence-corrected chi connectivity index (χ2v) is 5.48. The summed E-state index contributed by atoms with van der Waals surface area (Å²) in [7, 11) is 0. The van der Waals surface area contributed by atoms with Gasteiger partial charge >= 0.3 is 5.97 Å². The van der Waals surface area contributed by atoms with Gasteiger partial charge in [0.1, 0.15) is 29.4 Å². The van der Waals surface area contributed by atoms with Gasteiger partial charge in [0.05, 0.1) is 6.61 Å². The number of ether oxygens (including phenoxy) is 2. The maximum atomic E-state index is 12.2. The van der Waals surface area contributed by atoms with E-state index < -0.39 is 5.97 Å². The lowest BCUT2D eigenvalue weighted by molar-refractivity contribution is 0.0525. The summed E-state index contributed by atoms with van der Waals surface area (Å²) in [5.41, 5.74) is 2.63. The zero-order chi connectivity index (χ0) is 17.6. The minimum absolute atomic E-state index is 0.295. The molecule has 1 aromatic heterocycles. The van der Waals surface area contributed by atoms with E-state index in [9.17, 15) is 4.79 Å². The molecule has 0 amide bonds. The van der Waals surface area contributed by atoms with Gasteiger partial charge < -0.3 is 14.0 Å². The fourth-order valence-electron chi connectivity index (χ4n) is 2.49. The van der Waals surface area contributed by atoms with Gasteiger partial charge in [-0.1, -0.05) is 47.6 Å². The van der Waals surface area contributed by atoms with E-state index in [2.05, 4.69) is 5.16 Å². The van der Waals surface area contributed by atoms with Crippen LogP contribution in [0.25, 0.3) is 11.3 Å². The standard InChI is InChI=1S/C20H19NO4/c1-3-23-20(22)18-14(2)25-21-19(18)16-10-7-11-17(12-16)24-13-15-8-5-4-6-9-15/h4-12H,3,13H2,1-2H3. The van der Waals surface area contributed by atoms with Crippen LogP contribution in [0, 0.1) is 6.92 Å². The van der Waals surface area contributed by atoms with Gasteiger partial charge in [-0.15, -0.1) is 0 Å². The summed E-state index contributed by atoms with van der Waals surface area (Å²) in [5.74, 6) is 0.688. The van der Waals surface area contributed by atoms with Gasteiger partial charge in [-0.05, 0) is 31.5 Å². The Morgan fingerprint density at radius 2 is 1.92 bits per heavy atom. The third kappa shape index (κ3) is 3.88. The van der Waals surface area contributed by atoms with E-state index in [1.807, 2.05) is 54.6 Å². The first-order valence-electron chi connectivity index (χ1n) is 8.09. The Balaban J connectivity index is 1.83. The van der Waals surface area contributed by atoms with Crippen LogP contribution in [0.4, 0.5) is 0 Å². The molecule has 1 heterocycles. The third-order valence-corrected chi connectivity index (χ3v) is 3.70. The molecule has 0 aliphatic rings. The lowest BCUT2D eigenvalue weighted by Gasteiger charge is -2.08. The molecular weight excluding hydrogens is 318 g/mol. The van der Waals surface area contributed by atoms with Crippen LogP contribution in [0.1, 0.15) is 28.6 Å². The van der Waals surface area contributed by atoms with Crippen molar-refractivity contribution in [1.82, 2.24) is 5.16 Å². The summed E-state index contributed by atoms with van der Waals surface area (Å²) in [4.78, 5) is 12.2. The molecule has 0 aliphatic heterocycles. The topological polar surface area (TPSA) is 61.6 Å². The van der Waals surface area contributed by atoms with Crippen molar-refractivity contribution in [3.63, 3.8) is 0 Å². The number of rotatable bonds is 6. The highest BCUT2D eigenvalue weighted by molar-refractivity contribution is 5.97. The summed E-state index contributed by atoms with van der Waals surface area (Å²) >= 11 is 0. The van der Waals surface area contributed by atoms with Crippen molar-refractivity contribution in [3.8, 4) is 17.0 Å². The van der Waals surface area contributed by atoms with E-state index in [1.54, 1.807) is 13.8 Å². The van der Waals surface area contributed by atoms with Crippen molar-refractivity contribution in [2.24, 2.45) is 0 Å². The lowest BCUT2D eigenvalue weighted by atomic mass is 10.1. The van der Waals surface area contributed by atoms with Crippen molar-refractivity contribution >= 4 is 5.97 Å². The van der Waals surface area contributed by atoms with Crippen molar-refractivity contribution < 1.29 is 18.8 Å². The summed E-state index contributed by atoms with van der Waals surface area (Å²) in [6, 6.07) is 17.3. The molecule has 25 heavy (non-hydrogen) atoms. The van der Waals surface area contributed by atoms with Gasteiger partial charge in [-0.25, -0.2) is 4.79 Å². The zero-order valence-electron chi connectivity index (χ0n) is 14.2. The predicted molar refractivity (Wildman–Crippen MR) is 93.4 cm³/mol. The molecule has 3 rings (SSSR count). The molecule has 0 aliphatic carbocycles. The SMILES string of the molecule is CCOC(=O)c1c(-c2cccc(OCc3ccccc3)c2)noc1C. The van der Waals surface area contributed by atoms with Crippen LogP contribution in [0.15, 0.2) is 59.1 Å². The van der Waals surface area contributed by atoms with E-state index >= 15 is 0 Å². The Kier molecular flexibility index (Phi) is 5.14. The molecule has 0 bridgehead atoms. The molecule has 3 aromatic rings. The summed E-state index contributed by atoms with van der Waals surface area (Å²) in [6.45, 7) is 4.22. The number of benzene rings is 2. The predicted octanol–water partition coefficient (Wildman–Crippen LogP) is 4.41. The summed E-state index contributed by atoms with van der Waals surface area (Å²) in [5, 5.41) is 4.02. The minimum Gasteiger partial charge on any atom is -0.489 e. The minimum atomic E-state index is -0.438. The fourth-order valence-corrected chi connectivity index (χ4v) is 2.49. The van der Waals surface area contributed by atoms with Crippen molar-refractivity contribution in [1.29, 1.82) is 0 Å². The van der Waals surface area contributed by atoms with E-state index in [-0.39, 0.29) is 0 Å². The quantitative estimate of drug-likeness (QED) is 0.624. The molecule has 0 fully saturated rings. The normalized spacial score (nSPS) is 10.5. The maximum absolute atomic E-state index is 12.2. The fraction of sp³-hybridized carbons (Fsp3) is 0.200. The Hall–Kier alpha value is -3.08. The average Bonchev–Trinajstić information content (AvgIpc) is 3.03. The molecule has 0 radical (unpaired) electrons. The van der Waals surface area contributed by atoms with Crippen molar-refractivity contribution in [3.05, 3.63) is 71.5 Å². The van der Waals surface area contributed by atoms with Gasteiger partial charge in [0.2, 0.25) is 0 Å². The molecule has 0 saturated heterocycles. The summed E-state index contributed by atoms with van der Waals surface area (Å²) in [6.07, 6.45) is 0. The van der Waals surface area contributed by atoms with Crippen LogP contribution < -0.4 is 4.74 Å². The molecule has 0 saturated carbocycles. The molecule has 2 aromatic carbocycles. The van der Waals surface area contributed by atoms with Gasteiger partial charge in [0, 0.05) is 5.56 Å². The highest BCUT2D eigenvalue weighted by Crippen LogP contribution is 2.29. The Labute approximate surface area is 146 Å². The van der Waals surface area contributed by atoms with Crippen LogP contribution in [0.2, 0.25) is 0 Å². The van der Waals surface area contributed by atoms with E-state index in [0.717, 1.165) is 11.1 Å². The number of carbonyl (C=O) groups excluding carboxylic acids is 1. The van der Waals surface area contributed by atoms with Gasteiger partial charge in [-0.2, -0.15) is 0 Å². The lowest BCUT2D eigenvalue weighted by Crippen LogP contribution is -2.06. The molecule has 0 N–H and O–H groups in total. The first-order valence-corrected chi connectivity index (χ1v) is 8.09. The highest BCUT2D eigenvalue weighted by Gasteiger charge is 2.22. The van der Waals surface area contributed by atoms with Gasteiger partial charge in [-0.3, -0.25) is 0 Å². The second-order valence-electron chi connectivity index (χ2n) is 5.48. The number of hydrogen-bond donors (Lipinski definition) is 0. The Morgan fingerprint density at radius 1 is 1.12 bits per heavy atom. The van der Waals surface area contributed by atoms with E-state index in [4.69, 9.17) is 14.0 Å². The van der Waals surface area contributed by atoms with Crippen LogP contribution in [0.3, 0.4) is 0 Å². The highest BCUT2D eigenvalue weighted by atomic mass is 16.5.